The molecular formula is C20H19ClN2O3. The number of ether oxygens (including phenoxy) is 2. The lowest BCUT2D eigenvalue weighted by Gasteiger charge is -2.25. The monoisotopic (exact) mass is 370 g/mol. The van der Waals surface area contributed by atoms with Crippen molar-refractivity contribution in [3.63, 3.8) is 0 Å². The fourth-order valence-electron chi connectivity index (χ4n) is 3.19. The molecule has 3 aromatic rings. The summed E-state index contributed by atoms with van der Waals surface area (Å²) in [5.74, 6) is 1.13. The summed E-state index contributed by atoms with van der Waals surface area (Å²) in [6.07, 6.45) is 1.98. The number of aromatic nitrogens is 1. The molecule has 0 saturated heterocycles. The van der Waals surface area contributed by atoms with E-state index in [1.54, 1.807) is 18.2 Å². The summed E-state index contributed by atoms with van der Waals surface area (Å²) in [6.45, 7) is 4.89. The zero-order valence-corrected chi connectivity index (χ0v) is 15.3. The number of amides is 1. The molecule has 0 saturated carbocycles. The van der Waals surface area contributed by atoms with Crippen LogP contribution in [0.2, 0.25) is 5.02 Å². The number of rotatable bonds is 4. The smallest absolute Gasteiger partial charge is 0.251 e. The number of hydrogen-bond acceptors (Lipinski definition) is 3. The minimum Gasteiger partial charge on any atom is -0.454 e. The molecule has 6 heteroatoms. The number of hydrogen-bond donors (Lipinski definition) is 2. The second-order valence-corrected chi connectivity index (χ2v) is 7.46. The molecule has 5 nitrogen and oxygen atoms in total. The number of carbonyl (C=O) groups is 1. The lowest BCUT2D eigenvalue weighted by molar-refractivity contribution is 0.0945. The zero-order valence-electron chi connectivity index (χ0n) is 14.6. The highest BCUT2D eigenvalue weighted by Crippen LogP contribution is 2.33. The summed E-state index contributed by atoms with van der Waals surface area (Å²) in [5, 5.41) is 4.82. The molecule has 1 aromatic heterocycles. The van der Waals surface area contributed by atoms with Gasteiger partial charge in [-0.2, -0.15) is 0 Å². The van der Waals surface area contributed by atoms with Gasteiger partial charge in [-0.15, -0.1) is 0 Å². The molecular weight excluding hydrogens is 352 g/mol. The Morgan fingerprint density at radius 3 is 2.85 bits per heavy atom. The predicted octanol–water partition coefficient (Wildman–Crippen LogP) is 4.26. The van der Waals surface area contributed by atoms with Gasteiger partial charge in [0, 0.05) is 39.6 Å². The van der Waals surface area contributed by atoms with Crippen molar-refractivity contribution in [3.05, 3.63) is 58.7 Å². The number of aromatic amines is 1. The Bertz CT molecular complexity index is 994. The Hall–Kier alpha value is -2.66. The molecule has 1 amide bonds. The number of fused-ring (bicyclic) bond motifs is 2. The molecule has 0 bridgehead atoms. The quantitative estimate of drug-likeness (QED) is 0.721. The van der Waals surface area contributed by atoms with Crippen LogP contribution < -0.4 is 14.8 Å². The number of carbonyl (C=O) groups excluding carboxylic acids is 1. The van der Waals surface area contributed by atoms with E-state index in [0.717, 1.165) is 16.5 Å². The Balaban J connectivity index is 1.51. The molecule has 1 aliphatic rings. The summed E-state index contributed by atoms with van der Waals surface area (Å²) >= 11 is 6.06. The van der Waals surface area contributed by atoms with Crippen LogP contribution in [0.3, 0.4) is 0 Å². The highest BCUT2D eigenvalue weighted by molar-refractivity contribution is 6.31. The van der Waals surface area contributed by atoms with Crippen molar-refractivity contribution >= 4 is 28.4 Å². The van der Waals surface area contributed by atoms with Crippen molar-refractivity contribution < 1.29 is 14.3 Å². The molecule has 0 aliphatic carbocycles. The Morgan fingerprint density at radius 1 is 1.19 bits per heavy atom. The predicted molar refractivity (Wildman–Crippen MR) is 101 cm³/mol. The highest BCUT2D eigenvalue weighted by Gasteiger charge is 2.25. The van der Waals surface area contributed by atoms with Crippen molar-refractivity contribution in [2.45, 2.75) is 19.3 Å². The fraction of sp³-hybridized carbons (Fsp3) is 0.250. The largest absolute Gasteiger partial charge is 0.454 e. The summed E-state index contributed by atoms with van der Waals surface area (Å²) in [7, 11) is 0. The van der Waals surface area contributed by atoms with E-state index in [-0.39, 0.29) is 18.1 Å². The van der Waals surface area contributed by atoms with Crippen LogP contribution in [-0.2, 0) is 5.41 Å². The first kappa shape index (κ1) is 16.8. The Kier molecular flexibility index (Phi) is 4.04. The minimum atomic E-state index is -0.252. The van der Waals surface area contributed by atoms with Crippen LogP contribution in [0.1, 0.15) is 29.8 Å². The summed E-state index contributed by atoms with van der Waals surface area (Å²) in [5.41, 5.74) is 2.42. The molecule has 4 rings (SSSR count). The average Bonchev–Trinajstić information content (AvgIpc) is 3.25. The van der Waals surface area contributed by atoms with E-state index >= 15 is 0 Å². The molecule has 0 atom stereocenters. The Morgan fingerprint density at radius 2 is 2.00 bits per heavy atom. The molecule has 134 valence electrons. The van der Waals surface area contributed by atoms with E-state index in [1.807, 2.05) is 24.4 Å². The van der Waals surface area contributed by atoms with Gasteiger partial charge in [0.1, 0.15) is 0 Å². The SMILES string of the molecule is CC(C)(CNC(=O)c1ccc2c(c1)OCO2)c1c[nH]c2cc(Cl)ccc12. The summed E-state index contributed by atoms with van der Waals surface area (Å²) < 4.78 is 10.6. The van der Waals surface area contributed by atoms with Crippen LogP contribution in [0.4, 0.5) is 0 Å². The van der Waals surface area contributed by atoms with Crippen LogP contribution in [0.5, 0.6) is 11.5 Å². The van der Waals surface area contributed by atoms with E-state index < -0.39 is 0 Å². The maximum Gasteiger partial charge on any atom is 0.251 e. The number of benzene rings is 2. The van der Waals surface area contributed by atoms with Gasteiger partial charge < -0.3 is 19.8 Å². The van der Waals surface area contributed by atoms with Crippen LogP contribution in [0.15, 0.2) is 42.6 Å². The fourth-order valence-corrected chi connectivity index (χ4v) is 3.37. The molecule has 0 unspecified atom stereocenters. The number of halogens is 1. The topological polar surface area (TPSA) is 63.4 Å². The van der Waals surface area contributed by atoms with Gasteiger partial charge >= 0.3 is 0 Å². The summed E-state index contributed by atoms with van der Waals surface area (Å²) in [4.78, 5) is 15.8. The third-order valence-corrected chi connectivity index (χ3v) is 4.93. The van der Waals surface area contributed by atoms with E-state index in [0.29, 0.717) is 28.6 Å². The minimum absolute atomic E-state index is 0.140. The van der Waals surface area contributed by atoms with Gasteiger partial charge in [-0.3, -0.25) is 4.79 Å². The molecule has 0 fully saturated rings. The molecule has 26 heavy (non-hydrogen) atoms. The maximum absolute atomic E-state index is 12.5. The second-order valence-electron chi connectivity index (χ2n) is 7.03. The molecule has 2 heterocycles. The molecule has 1 aliphatic heterocycles. The zero-order chi connectivity index (χ0) is 18.3. The van der Waals surface area contributed by atoms with Gasteiger partial charge in [0.15, 0.2) is 11.5 Å². The van der Waals surface area contributed by atoms with Crippen molar-refractivity contribution in [2.75, 3.05) is 13.3 Å². The molecule has 2 aromatic carbocycles. The molecule has 0 spiro atoms. The normalized spacial score (nSPS) is 13.2. The van der Waals surface area contributed by atoms with Crippen LogP contribution >= 0.6 is 11.6 Å². The third kappa shape index (κ3) is 2.99. The highest BCUT2D eigenvalue weighted by atomic mass is 35.5. The van der Waals surface area contributed by atoms with Gasteiger partial charge in [-0.1, -0.05) is 31.5 Å². The third-order valence-electron chi connectivity index (χ3n) is 4.70. The van der Waals surface area contributed by atoms with Crippen LogP contribution in [0, 0.1) is 0 Å². The lowest BCUT2D eigenvalue weighted by Crippen LogP contribution is -2.36. The van der Waals surface area contributed by atoms with Gasteiger partial charge in [0.05, 0.1) is 0 Å². The van der Waals surface area contributed by atoms with Crippen molar-refractivity contribution in [2.24, 2.45) is 0 Å². The van der Waals surface area contributed by atoms with E-state index in [1.165, 1.54) is 0 Å². The van der Waals surface area contributed by atoms with Crippen molar-refractivity contribution in [3.8, 4) is 11.5 Å². The first-order chi connectivity index (χ1) is 12.4. The van der Waals surface area contributed by atoms with Gasteiger partial charge in [-0.25, -0.2) is 0 Å². The van der Waals surface area contributed by atoms with E-state index in [4.69, 9.17) is 21.1 Å². The molecule has 2 N–H and O–H groups in total. The van der Waals surface area contributed by atoms with Crippen molar-refractivity contribution in [1.82, 2.24) is 10.3 Å². The van der Waals surface area contributed by atoms with E-state index in [9.17, 15) is 4.79 Å². The number of H-pyrrole nitrogens is 1. The Labute approximate surface area is 156 Å². The summed E-state index contributed by atoms with van der Waals surface area (Å²) in [6, 6.07) is 11.0. The average molecular weight is 371 g/mol. The van der Waals surface area contributed by atoms with Gasteiger partial charge in [-0.05, 0) is 35.9 Å². The number of nitrogens with one attached hydrogen (secondary N) is 2. The second kappa shape index (κ2) is 6.25. The van der Waals surface area contributed by atoms with E-state index in [2.05, 4.69) is 24.1 Å². The maximum atomic E-state index is 12.5. The van der Waals surface area contributed by atoms with Crippen molar-refractivity contribution in [1.29, 1.82) is 0 Å². The van der Waals surface area contributed by atoms with Crippen LogP contribution in [-0.4, -0.2) is 24.2 Å². The van der Waals surface area contributed by atoms with Gasteiger partial charge in [0.2, 0.25) is 6.79 Å². The standard InChI is InChI=1S/C20H19ClN2O3/c1-20(2,15-9-22-16-8-13(21)4-5-14(15)16)10-23-19(24)12-3-6-17-18(7-12)26-11-25-17/h3-9,22H,10-11H2,1-2H3,(H,23,24). The van der Waals surface area contributed by atoms with Gasteiger partial charge in [0.25, 0.3) is 5.91 Å². The van der Waals surface area contributed by atoms with Crippen LogP contribution in [0.25, 0.3) is 10.9 Å². The first-order valence-corrected chi connectivity index (χ1v) is 8.77. The lowest BCUT2D eigenvalue weighted by atomic mass is 9.84. The first-order valence-electron chi connectivity index (χ1n) is 8.39. The molecule has 0 radical (unpaired) electrons.